The number of likely N-dealkylation sites (N-methyl/N-ethyl adjacent to an activating group) is 1. The largest absolute Gasteiger partial charge is 0.462 e. The van der Waals surface area contributed by atoms with Crippen LogP contribution >= 0.6 is 11.3 Å². The maximum Gasteiger partial charge on any atom is 0.341 e. The van der Waals surface area contributed by atoms with Crippen LogP contribution in [0.5, 0.6) is 0 Å². The molecule has 26 heavy (non-hydrogen) atoms. The van der Waals surface area contributed by atoms with Crippen molar-refractivity contribution < 1.29 is 22.7 Å². The highest BCUT2D eigenvalue weighted by Crippen LogP contribution is 2.39. The fourth-order valence-corrected chi connectivity index (χ4v) is 6.66. The van der Waals surface area contributed by atoms with Crippen LogP contribution in [0.1, 0.15) is 40.6 Å². The molecule has 0 unspecified atom stereocenters. The quantitative estimate of drug-likeness (QED) is 0.727. The van der Waals surface area contributed by atoms with Crippen LogP contribution < -0.4 is 5.32 Å². The van der Waals surface area contributed by atoms with E-state index in [1.165, 1.54) is 11.3 Å². The van der Waals surface area contributed by atoms with Gasteiger partial charge in [0.25, 0.3) is 0 Å². The third-order valence-corrected chi connectivity index (χ3v) is 7.84. The zero-order chi connectivity index (χ0) is 18.9. The Morgan fingerprint density at radius 3 is 2.77 bits per heavy atom. The minimum atomic E-state index is -2.99. The van der Waals surface area contributed by atoms with Gasteiger partial charge < -0.3 is 10.1 Å². The number of fused-ring (bicyclic) bond motifs is 1. The van der Waals surface area contributed by atoms with Crippen molar-refractivity contribution in [2.24, 2.45) is 0 Å². The Hall–Kier alpha value is -1.45. The lowest BCUT2D eigenvalue weighted by atomic mass is 10.1. The SMILES string of the molecule is CCOC(=O)c1c(NC(=O)CN(C)[C@H]2CCS(=O)(=O)C2)sc2c1CCC2. The number of aryl methyl sites for hydroxylation is 1. The van der Waals surface area contributed by atoms with Gasteiger partial charge in [0.05, 0.1) is 30.2 Å². The molecule has 0 bridgehead atoms. The number of thiophene rings is 1. The van der Waals surface area contributed by atoms with Crippen LogP contribution in [0, 0.1) is 0 Å². The van der Waals surface area contributed by atoms with Gasteiger partial charge in [-0.2, -0.15) is 0 Å². The minimum Gasteiger partial charge on any atom is -0.462 e. The molecule has 1 aliphatic carbocycles. The van der Waals surface area contributed by atoms with Crippen molar-refractivity contribution in [3.05, 3.63) is 16.0 Å². The Bertz CT molecular complexity index is 815. The first-order chi connectivity index (χ1) is 12.3. The van der Waals surface area contributed by atoms with Crippen LogP contribution in [0.4, 0.5) is 5.00 Å². The maximum atomic E-state index is 12.5. The lowest BCUT2D eigenvalue weighted by Crippen LogP contribution is -2.38. The summed E-state index contributed by atoms with van der Waals surface area (Å²) in [7, 11) is -1.23. The number of nitrogens with zero attached hydrogens (tertiary/aromatic N) is 1. The molecule has 1 N–H and O–H groups in total. The van der Waals surface area contributed by atoms with Gasteiger partial charge in [0.1, 0.15) is 5.00 Å². The van der Waals surface area contributed by atoms with Gasteiger partial charge >= 0.3 is 5.97 Å². The van der Waals surface area contributed by atoms with Gasteiger partial charge in [-0.15, -0.1) is 11.3 Å². The first-order valence-electron chi connectivity index (χ1n) is 8.83. The van der Waals surface area contributed by atoms with E-state index in [2.05, 4.69) is 5.32 Å². The van der Waals surface area contributed by atoms with E-state index in [0.717, 1.165) is 29.7 Å². The van der Waals surface area contributed by atoms with Gasteiger partial charge in [-0.05, 0) is 45.2 Å². The number of nitrogens with one attached hydrogen (secondary N) is 1. The average Bonchev–Trinajstić information content (AvgIpc) is 3.21. The van der Waals surface area contributed by atoms with E-state index >= 15 is 0 Å². The minimum absolute atomic E-state index is 0.0883. The Morgan fingerprint density at radius 1 is 1.35 bits per heavy atom. The van der Waals surface area contributed by atoms with Crippen molar-refractivity contribution in [3.63, 3.8) is 0 Å². The number of carbonyl (C=O) groups is 2. The highest BCUT2D eigenvalue weighted by molar-refractivity contribution is 7.91. The first-order valence-corrected chi connectivity index (χ1v) is 11.5. The van der Waals surface area contributed by atoms with Crippen LogP contribution in [0.3, 0.4) is 0 Å². The predicted molar refractivity (Wildman–Crippen MR) is 101 cm³/mol. The van der Waals surface area contributed by atoms with Crippen LogP contribution in [0.15, 0.2) is 0 Å². The summed E-state index contributed by atoms with van der Waals surface area (Å²) in [6, 6.07) is -0.136. The van der Waals surface area contributed by atoms with Crippen molar-refractivity contribution in [1.82, 2.24) is 4.90 Å². The average molecular weight is 401 g/mol. The molecule has 1 aliphatic heterocycles. The number of rotatable bonds is 6. The van der Waals surface area contributed by atoms with Crippen molar-refractivity contribution in [2.75, 3.05) is 37.0 Å². The number of amides is 1. The monoisotopic (exact) mass is 400 g/mol. The molecule has 2 heterocycles. The lowest BCUT2D eigenvalue weighted by Gasteiger charge is -2.22. The maximum absolute atomic E-state index is 12.5. The molecule has 0 radical (unpaired) electrons. The molecule has 2 aliphatic rings. The molecule has 9 heteroatoms. The number of hydrogen-bond donors (Lipinski definition) is 1. The van der Waals surface area contributed by atoms with E-state index in [-0.39, 0.29) is 36.6 Å². The van der Waals surface area contributed by atoms with Crippen LogP contribution in [0.2, 0.25) is 0 Å². The third kappa shape index (κ3) is 4.10. The first kappa shape index (κ1) is 19.3. The standard InChI is InChI=1S/C17H24N2O5S2/c1-3-24-17(21)15-12-5-4-6-13(12)25-16(15)18-14(20)9-19(2)11-7-8-26(22,23)10-11/h11H,3-10H2,1-2H3,(H,18,20)/t11-/m0/s1. The van der Waals surface area contributed by atoms with E-state index in [0.29, 0.717) is 17.0 Å². The van der Waals surface area contributed by atoms with Crippen molar-refractivity contribution in [1.29, 1.82) is 0 Å². The predicted octanol–water partition coefficient (Wildman–Crippen LogP) is 1.47. The third-order valence-electron chi connectivity index (χ3n) is 4.88. The molecule has 1 atom stereocenters. The van der Waals surface area contributed by atoms with Crippen LogP contribution in [-0.2, 0) is 32.2 Å². The zero-order valence-electron chi connectivity index (χ0n) is 15.0. The van der Waals surface area contributed by atoms with Gasteiger partial charge in [0.15, 0.2) is 9.84 Å². The second kappa shape index (κ2) is 7.66. The summed E-state index contributed by atoms with van der Waals surface area (Å²) in [6.45, 7) is 2.13. The van der Waals surface area contributed by atoms with Gasteiger partial charge in [0, 0.05) is 10.9 Å². The molecule has 1 amide bonds. The molecule has 1 aromatic heterocycles. The van der Waals surface area contributed by atoms with E-state index < -0.39 is 15.8 Å². The normalized spacial score (nSPS) is 21.0. The molecule has 0 spiro atoms. The van der Waals surface area contributed by atoms with Crippen LogP contribution in [0.25, 0.3) is 0 Å². The number of hydrogen-bond acceptors (Lipinski definition) is 7. The molecule has 1 aromatic rings. The number of anilines is 1. The summed E-state index contributed by atoms with van der Waals surface area (Å²) in [5.74, 6) is -0.369. The number of carbonyl (C=O) groups excluding carboxylic acids is 2. The van der Waals surface area contributed by atoms with Crippen LogP contribution in [-0.4, -0.2) is 62.9 Å². The van der Waals surface area contributed by atoms with Gasteiger partial charge in [-0.25, -0.2) is 13.2 Å². The second-order valence-electron chi connectivity index (χ2n) is 6.80. The lowest BCUT2D eigenvalue weighted by molar-refractivity contribution is -0.117. The second-order valence-corrected chi connectivity index (χ2v) is 10.1. The molecule has 0 saturated carbocycles. The molecule has 144 valence electrons. The smallest absolute Gasteiger partial charge is 0.341 e. The zero-order valence-corrected chi connectivity index (χ0v) is 16.7. The summed E-state index contributed by atoms with van der Waals surface area (Å²) < 4.78 is 28.4. The fraction of sp³-hybridized carbons (Fsp3) is 0.647. The van der Waals surface area contributed by atoms with E-state index in [1.54, 1.807) is 18.9 Å². The molecule has 1 saturated heterocycles. The summed E-state index contributed by atoms with van der Waals surface area (Å²) in [6.07, 6.45) is 3.31. The Morgan fingerprint density at radius 2 is 2.12 bits per heavy atom. The van der Waals surface area contributed by atoms with Gasteiger partial charge in [-0.1, -0.05) is 0 Å². The number of ether oxygens (including phenoxy) is 1. The summed E-state index contributed by atoms with van der Waals surface area (Å²) in [5, 5.41) is 3.39. The van der Waals surface area contributed by atoms with Gasteiger partial charge in [0.2, 0.25) is 5.91 Å². The fourth-order valence-electron chi connectivity index (χ4n) is 3.56. The van der Waals surface area contributed by atoms with Gasteiger partial charge in [-0.3, -0.25) is 9.69 Å². The summed E-state index contributed by atoms with van der Waals surface area (Å²) >= 11 is 1.44. The summed E-state index contributed by atoms with van der Waals surface area (Å²) in [5.41, 5.74) is 1.49. The Labute approximate surface area is 157 Å². The number of esters is 1. The van der Waals surface area contributed by atoms with E-state index in [9.17, 15) is 18.0 Å². The van der Waals surface area contributed by atoms with Crippen molar-refractivity contribution in [3.8, 4) is 0 Å². The highest BCUT2D eigenvalue weighted by atomic mass is 32.2. The van der Waals surface area contributed by atoms with E-state index in [4.69, 9.17) is 4.74 Å². The molecular weight excluding hydrogens is 376 g/mol. The van der Waals surface area contributed by atoms with Crippen molar-refractivity contribution in [2.45, 2.75) is 38.6 Å². The number of sulfone groups is 1. The molecular formula is C17H24N2O5S2. The van der Waals surface area contributed by atoms with E-state index in [1.807, 2.05) is 0 Å². The Balaban J connectivity index is 1.69. The molecule has 7 nitrogen and oxygen atoms in total. The summed E-state index contributed by atoms with van der Waals surface area (Å²) in [4.78, 5) is 27.7. The highest BCUT2D eigenvalue weighted by Gasteiger charge is 2.32. The topological polar surface area (TPSA) is 92.8 Å². The molecule has 3 rings (SSSR count). The Kier molecular flexibility index (Phi) is 5.69. The van der Waals surface area contributed by atoms with Crippen molar-refractivity contribution >= 4 is 38.1 Å². The molecule has 0 aromatic carbocycles. The molecule has 1 fully saturated rings.